The number of hydrogen-bond donors (Lipinski definition) is 1. The maximum Gasteiger partial charge on any atom is 0.305 e. The summed E-state index contributed by atoms with van der Waals surface area (Å²) in [4.78, 5) is 24.6. The number of amides is 1. The number of rotatable bonds is 4. The van der Waals surface area contributed by atoms with Crippen LogP contribution in [0.4, 0.5) is 0 Å². The van der Waals surface area contributed by atoms with Gasteiger partial charge in [-0.1, -0.05) is 0 Å². The Morgan fingerprint density at radius 1 is 1.47 bits per heavy atom. The smallest absolute Gasteiger partial charge is 0.305 e. The molecule has 0 aromatic carbocycles. The standard InChI is InChI=1S/C12H21NO3S/c1-12(2,7-10(14)15)13(3)11(16)9-5-4-6-17-8-9/h9H,4-8H2,1-3H3,(H,14,15). The third-order valence-corrected chi connectivity index (χ3v) is 4.55. The van der Waals surface area contributed by atoms with E-state index in [4.69, 9.17) is 5.11 Å². The van der Waals surface area contributed by atoms with Crippen LogP contribution in [0, 0.1) is 5.92 Å². The van der Waals surface area contributed by atoms with Crippen LogP contribution in [0.3, 0.4) is 0 Å². The average molecular weight is 259 g/mol. The average Bonchev–Trinajstić information content (AvgIpc) is 2.26. The minimum absolute atomic E-state index is 0.0187. The molecule has 0 bridgehead atoms. The van der Waals surface area contributed by atoms with E-state index in [1.807, 2.05) is 11.8 Å². The predicted octanol–water partition coefficient (Wildman–Crippen LogP) is 1.84. The summed E-state index contributed by atoms with van der Waals surface area (Å²) in [6, 6.07) is 0. The SMILES string of the molecule is CN(C(=O)C1CCCSC1)C(C)(C)CC(=O)O. The molecule has 1 N–H and O–H groups in total. The molecule has 17 heavy (non-hydrogen) atoms. The molecule has 5 heteroatoms. The summed E-state index contributed by atoms with van der Waals surface area (Å²) < 4.78 is 0. The van der Waals surface area contributed by atoms with Gasteiger partial charge in [0.05, 0.1) is 6.42 Å². The van der Waals surface area contributed by atoms with E-state index < -0.39 is 11.5 Å². The van der Waals surface area contributed by atoms with Crippen molar-refractivity contribution in [2.75, 3.05) is 18.6 Å². The summed E-state index contributed by atoms with van der Waals surface area (Å²) in [7, 11) is 1.71. The lowest BCUT2D eigenvalue weighted by molar-refractivity contribution is -0.144. The molecule has 1 unspecified atom stereocenters. The van der Waals surface area contributed by atoms with Gasteiger partial charge < -0.3 is 10.0 Å². The fraction of sp³-hybridized carbons (Fsp3) is 0.833. The Labute approximate surface area is 107 Å². The van der Waals surface area contributed by atoms with Crippen molar-refractivity contribution in [1.29, 1.82) is 0 Å². The molecule has 4 nitrogen and oxygen atoms in total. The van der Waals surface area contributed by atoms with Gasteiger partial charge in [-0.25, -0.2) is 0 Å². The first-order chi connectivity index (χ1) is 7.84. The Bertz CT molecular complexity index is 298. The maximum absolute atomic E-state index is 12.2. The summed E-state index contributed by atoms with van der Waals surface area (Å²) in [5, 5.41) is 8.85. The molecular weight excluding hydrogens is 238 g/mol. The molecule has 1 rings (SSSR count). The Kier molecular flexibility index (Phi) is 4.86. The lowest BCUT2D eigenvalue weighted by atomic mass is 9.95. The van der Waals surface area contributed by atoms with E-state index in [0.29, 0.717) is 0 Å². The van der Waals surface area contributed by atoms with Crippen LogP contribution in [0.25, 0.3) is 0 Å². The van der Waals surface area contributed by atoms with E-state index in [1.54, 1.807) is 25.8 Å². The minimum Gasteiger partial charge on any atom is -0.481 e. The summed E-state index contributed by atoms with van der Waals surface area (Å²) in [6.07, 6.45) is 1.99. The van der Waals surface area contributed by atoms with Crippen molar-refractivity contribution in [1.82, 2.24) is 4.90 Å². The van der Waals surface area contributed by atoms with E-state index in [1.165, 1.54) is 0 Å². The Balaban J connectivity index is 2.63. The lowest BCUT2D eigenvalue weighted by Gasteiger charge is -2.37. The van der Waals surface area contributed by atoms with Gasteiger partial charge in [-0.05, 0) is 32.4 Å². The van der Waals surface area contributed by atoms with E-state index >= 15 is 0 Å². The molecule has 0 saturated carbocycles. The molecule has 1 fully saturated rings. The zero-order valence-corrected chi connectivity index (χ0v) is 11.5. The number of thioether (sulfide) groups is 1. The number of aliphatic carboxylic acids is 1. The van der Waals surface area contributed by atoms with Gasteiger partial charge in [0.1, 0.15) is 0 Å². The van der Waals surface area contributed by atoms with Gasteiger partial charge in [-0.3, -0.25) is 9.59 Å². The number of carboxylic acid groups (broad SMARTS) is 1. The van der Waals surface area contributed by atoms with E-state index in [-0.39, 0.29) is 18.2 Å². The van der Waals surface area contributed by atoms with Gasteiger partial charge in [0, 0.05) is 24.3 Å². The van der Waals surface area contributed by atoms with Crippen molar-refractivity contribution < 1.29 is 14.7 Å². The molecule has 1 amide bonds. The molecule has 0 aromatic rings. The predicted molar refractivity (Wildman–Crippen MR) is 69.2 cm³/mol. The summed E-state index contributed by atoms with van der Waals surface area (Å²) in [5.74, 6) is 1.28. The quantitative estimate of drug-likeness (QED) is 0.837. The van der Waals surface area contributed by atoms with Crippen LogP contribution in [0.5, 0.6) is 0 Å². The van der Waals surface area contributed by atoms with Crippen molar-refractivity contribution in [3.8, 4) is 0 Å². The van der Waals surface area contributed by atoms with Crippen LogP contribution in [0.1, 0.15) is 33.1 Å². The highest BCUT2D eigenvalue weighted by Gasteiger charge is 2.34. The highest BCUT2D eigenvalue weighted by Crippen LogP contribution is 2.27. The van der Waals surface area contributed by atoms with E-state index in [9.17, 15) is 9.59 Å². The molecule has 0 aliphatic carbocycles. The van der Waals surface area contributed by atoms with E-state index in [0.717, 1.165) is 24.3 Å². The molecule has 1 saturated heterocycles. The number of nitrogens with zero attached hydrogens (tertiary/aromatic N) is 1. The van der Waals surface area contributed by atoms with Crippen LogP contribution < -0.4 is 0 Å². The van der Waals surface area contributed by atoms with Gasteiger partial charge in [-0.15, -0.1) is 0 Å². The first kappa shape index (κ1) is 14.4. The van der Waals surface area contributed by atoms with Crippen molar-refractivity contribution in [3.63, 3.8) is 0 Å². The van der Waals surface area contributed by atoms with Gasteiger partial charge >= 0.3 is 5.97 Å². The van der Waals surface area contributed by atoms with Crippen molar-refractivity contribution in [2.45, 2.75) is 38.6 Å². The molecule has 1 aliphatic heterocycles. The molecule has 1 aliphatic rings. The number of carboxylic acids is 1. The van der Waals surface area contributed by atoms with Crippen LogP contribution in [0.15, 0.2) is 0 Å². The molecule has 0 spiro atoms. The first-order valence-corrected chi connectivity index (χ1v) is 7.07. The third-order valence-electron chi connectivity index (χ3n) is 3.33. The van der Waals surface area contributed by atoms with Crippen LogP contribution in [-0.4, -0.2) is 46.0 Å². The fourth-order valence-electron chi connectivity index (χ4n) is 2.00. The largest absolute Gasteiger partial charge is 0.481 e. The van der Waals surface area contributed by atoms with Crippen molar-refractivity contribution >= 4 is 23.6 Å². The summed E-state index contributed by atoms with van der Waals surface area (Å²) in [6.45, 7) is 3.60. The van der Waals surface area contributed by atoms with Gasteiger partial charge in [0.15, 0.2) is 0 Å². The van der Waals surface area contributed by atoms with Crippen molar-refractivity contribution in [3.05, 3.63) is 0 Å². The van der Waals surface area contributed by atoms with Gasteiger partial charge in [-0.2, -0.15) is 11.8 Å². The molecule has 98 valence electrons. The zero-order chi connectivity index (χ0) is 13.1. The molecular formula is C12H21NO3S. The number of carbonyl (C=O) groups excluding carboxylic acids is 1. The second kappa shape index (κ2) is 5.76. The summed E-state index contributed by atoms with van der Waals surface area (Å²) in [5.41, 5.74) is -0.620. The van der Waals surface area contributed by atoms with Gasteiger partial charge in [0.2, 0.25) is 5.91 Å². The molecule has 0 aromatic heterocycles. The lowest BCUT2D eigenvalue weighted by Crippen LogP contribution is -2.49. The van der Waals surface area contributed by atoms with Crippen molar-refractivity contribution in [2.24, 2.45) is 5.92 Å². The highest BCUT2D eigenvalue weighted by atomic mass is 32.2. The van der Waals surface area contributed by atoms with Gasteiger partial charge in [0.25, 0.3) is 0 Å². The minimum atomic E-state index is -0.868. The Morgan fingerprint density at radius 3 is 2.59 bits per heavy atom. The first-order valence-electron chi connectivity index (χ1n) is 5.92. The van der Waals surface area contributed by atoms with Crippen LogP contribution in [-0.2, 0) is 9.59 Å². The Hall–Kier alpha value is -0.710. The highest BCUT2D eigenvalue weighted by molar-refractivity contribution is 7.99. The Morgan fingerprint density at radius 2 is 2.12 bits per heavy atom. The monoisotopic (exact) mass is 259 g/mol. The molecule has 0 radical (unpaired) electrons. The third kappa shape index (κ3) is 3.91. The zero-order valence-electron chi connectivity index (χ0n) is 10.7. The fourth-order valence-corrected chi connectivity index (χ4v) is 3.13. The van der Waals surface area contributed by atoms with Crippen LogP contribution in [0.2, 0.25) is 0 Å². The van der Waals surface area contributed by atoms with Crippen LogP contribution >= 0.6 is 11.8 Å². The second-order valence-corrected chi connectivity index (χ2v) is 6.34. The molecule has 1 heterocycles. The summed E-state index contributed by atoms with van der Waals surface area (Å²) >= 11 is 1.81. The van der Waals surface area contributed by atoms with E-state index in [2.05, 4.69) is 0 Å². The topological polar surface area (TPSA) is 57.6 Å². The second-order valence-electron chi connectivity index (χ2n) is 5.19. The number of hydrogen-bond acceptors (Lipinski definition) is 3. The maximum atomic E-state index is 12.2. The normalized spacial score (nSPS) is 21.0. The molecule has 1 atom stereocenters. The number of carbonyl (C=O) groups is 2.